The van der Waals surface area contributed by atoms with Crippen LogP contribution in [0.4, 0.5) is 11.4 Å². The van der Waals surface area contributed by atoms with E-state index < -0.39 is 16.4 Å². The Morgan fingerprint density at radius 2 is 1.41 bits per heavy atom. The zero-order valence-electron chi connectivity index (χ0n) is 23.9. The lowest BCUT2D eigenvalue weighted by Gasteiger charge is -2.51. The second-order valence-electron chi connectivity index (χ2n) is 11.5. The number of anilines is 2. The minimum absolute atomic E-state index is 0.237. The van der Waals surface area contributed by atoms with Gasteiger partial charge in [-0.3, -0.25) is 4.79 Å². The third-order valence-corrected chi connectivity index (χ3v) is 8.34. The van der Waals surface area contributed by atoms with Gasteiger partial charge in [-0.1, -0.05) is 57.2 Å². The second kappa shape index (κ2) is 11.1. The summed E-state index contributed by atoms with van der Waals surface area (Å²) in [5, 5.41) is 0. The molecule has 4 rings (SSSR count). The van der Waals surface area contributed by atoms with Gasteiger partial charge in [0.2, 0.25) is 10.5 Å². The molecule has 0 aliphatic carbocycles. The molecular weight excluding hydrogens is 506 g/mol. The Morgan fingerprint density at radius 1 is 0.872 bits per heavy atom. The Kier molecular flexibility index (Phi) is 8.14. The largest absolute Gasteiger partial charge is 0.492 e. The molecule has 3 aromatic rings. The van der Waals surface area contributed by atoms with Crippen LogP contribution in [0.3, 0.4) is 0 Å². The van der Waals surface area contributed by atoms with Crippen molar-refractivity contribution in [3.05, 3.63) is 78.4 Å². The van der Waals surface area contributed by atoms with Crippen molar-refractivity contribution in [1.82, 2.24) is 0 Å². The van der Waals surface area contributed by atoms with Crippen LogP contribution in [-0.2, 0) is 19.6 Å². The summed E-state index contributed by atoms with van der Waals surface area (Å²) >= 11 is 0. The van der Waals surface area contributed by atoms with Gasteiger partial charge < -0.3 is 23.5 Å². The van der Waals surface area contributed by atoms with Crippen molar-refractivity contribution >= 4 is 27.8 Å². The van der Waals surface area contributed by atoms with E-state index in [1.807, 2.05) is 109 Å². The molecule has 3 aromatic carbocycles. The molecular formula is C32H38NO5Si. The number of nitrogens with zero attached hydrogens (tertiary/aromatic N) is 1. The lowest BCUT2D eigenvalue weighted by atomic mass is 9.57. The molecule has 0 fully saturated rings. The summed E-state index contributed by atoms with van der Waals surface area (Å²) in [6.45, 7) is 14.7. The van der Waals surface area contributed by atoms with Crippen molar-refractivity contribution in [2.45, 2.75) is 60.2 Å². The van der Waals surface area contributed by atoms with Crippen LogP contribution in [0.15, 0.2) is 72.8 Å². The predicted octanol–water partition coefficient (Wildman–Crippen LogP) is 7.33. The molecule has 39 heavy (non-hydrogen) atoms. The van der Waals surface area contributed by atoms with Crippen molar-refractivity contribution in [3.8, 4) is 17.2 Å². The van der Waals surface area contributed by atoms with Crippen LogP contribution in [0.5, 0.6) is 17.2 Å². The van der Waals surface area contributed by atoms with E-state index in [0.717, 1.165) is 34.2 Å². The normalized spacial score (nSPS) is 15.9. The fourth-order valence-corrected chi connectivity index (χ4v) is 5.47. The summed E-state index contributed by atoms with van der Waals surface area (Å²) in [7, 11) is 3.31. The van der Waals surface area contributed by atoms with Crippen molar-refractivity contribution in [2.75, 3.05) is 18.1 Å². The van der Waals surface area contributed by atoms with Gasteiger partial charge in [0.05, 0.1) is 29.6 Å². The van der Waals surface area contributed by atoms with Crippen LogP contribution in [0.2, 0.25) is 0 Å². The zero-order valence-corrected chi connectivity index (χ0v) is 24.9. The second-order valence-corrected chi connectivity index (χ2v) is 11.7. The summed E-state index contributed by atoms with van der Waals surface area (Å²) in [6.07, 6.45) is -0.237. The molecule has 0 N–H and O–H groups in total. The van der Waals surface area contributed by atoms with Crippen LogP contribution in [0.25, 0.3) is 0 Å². The smallest absolute Gasteiger partial charge is 0.315 e. The molecule has 205 valence electrons. The van der Waals surface area contributed by atoms with E-state index in [4.69, 9.17) is 18.6 Å². The van der Waals surface area contributed by atoms with E-state index in [0.29, 0.717) is 13.2 Å². The molecule has 0 spiro atoms. The number of hydrogen-bond donors (Lipinski definition) is 0. The number of rotatable bonds is 9. The van der Waals surface area contributed by atoms with Crippen LogP contribution in [-0.4, -0.2) is 35.7 Å². The first-order chi connectivity index (χ1) is 18.4. The first kappa shape index (κ1) is 28.7. The highest BCUT2D eigenvalue weighted by Crippen LogP contribution is 2.54. The van der Waals surface area contributed by atoms with Crippen LogP contribution < -0.4 is 14.4 Å². The van der Waals surface area contributed by atoms with Crippen LogP contribution in [0, 0.1) is 10.8 Å². The lowest BCUT2D eigenvalue weighted by Crippen LogP contribution is -2.57. The molecule has 7 heteroatoms. The summed E-state index contributed by atoms with van der Waals surface area (Å²) < 4.78 is 23.9. The van der Waals surface area contributed by atoms with E-state index in [1.165, 1.54) is 0 Å². The number of ether oxygens (including phenoxy) is 3. The molecule has 0 saturated heterocycles. The Balaban J connectivity index is 1.53. The van der Waals surface area contributed by atoms with Gasteiger partial charge in [-0.15, -0.1) is 0 Å². The van der Waals surface area contributed by atoms with Gasteiger partial charge in [-0.05, 0) is 75.1 Å². The zero-order chi connectivity index (χ0) is 28.4. The van der Waals surface area contributed by atoms with E-state index in [2.05, 4.69) is 27.5 Å². The fraction of sp³-hybridized carbons (Fsp3) is 0.406. The molecule has 1 heterocycles. The maximum Gasteiger partial charge on any atom is 0.315 e. The molecule has 3 radical (unpaired) electrons. The van der Waals surface area contributed by atoms with Crippen molar-refractivity contribution in [1.29, 1.82) is 0 Å². The van der Waals surface area contributed by atoms with Crippen molar-refractivity contribution < 1.29 is 23.4 Å². The Morgan fingerprint density at radius 3 is 1.90 bits per heavy atom. The molecule has 0 bridgehead atoms. The number of hydrogen-bond acceptors (Lipinski definition) is 6. The number of carbonyl (C=O) groups is 1. The topological polar surface area (TPSA) is 57.2 Å². The van der Waals surface area contributed by atoms with Gasteiger partial charge in [0.1, 0.15) is 17.8 Å². The molecule has 2 atom stereocenters. The predicted molar refractivity (Wildman–Crippen MR) is 155 cm³/mol. The minimum atomic E-state index is -1.02. The van der Waals surface area contributed by atoms with E-state index in [-0.39, 0.29) is 12.1 Å². The Bertz CT molecular complexity index is 1260. The minimum Gasteiger partial charge on any atom is -0.492 e. The van der Waals surface area contributed by atoms with Gasteiger partial charge in [0.25, 0.3) is 0 Å². The quantitative estimate of drug-likeness (QED) is 0.208. The maximum absolute atomic E-state index is 13.5. The SMILES string of the molecule is CC(C)OC(=O)C(C)(C(C)(C)C)[C@@](C)(O[Si])c1ccc(OCCN2c3ccccc3Oc3ccccc32)cc1. The summed E-state index contributed by atoms with van der Waals surface area (Å²) in [5.74, 6) is 2.07. The van der Waals surface area contributed by atoms with Crippen molar-refractivity contribution in [3.63, 3.8) is 0 Å². The van der Waals surface area contributed by atoms with Crippen LogP contribution >= 0.6 is 0 Å². The molecule has 0 amide bonds. The number of carbonyl (C=O) groups excluding carboxylic acids is 1. The number of fused-ring (bicyclic) bond motifs is 2. The lowest BCUT2D eigenvalue weighted by molar-refractivity contribution is -0.189. The summed E-state index contributed by atoms with van der Waals surface area (Å²) in [6, 6.07) is 23.7. The standard InChI is InChI=1S/C32H38NO5Si/c1-22(2)36-29(34)31(6,30(3,4)5)32(7,38-39)23-16-18-24(19-17-23)35-21-20-33-25-12-8-10-14-27(25)37-28-15-11-9-13-26(28)33/h8-19,22H,20-21H2,1-7H3/t31?,32-/m0/s1. The first-order valence-corrected chi connectivity index (χ1v) is 13.8. The monoisotopic (exact) mass is 544 g/mol. The maximum atomic E-state index is 13.5. The van der Waals surface area contributed by atoms with Gasteiger partial charge in [0.15, 0.2) is 11.5 Å². The fourth-order valence-electron chi connectivity index (χ4n) is 5.14. The van der Waals surface area contributed by atoms with Crippen molar-refractivity contribution in [2.24, 2.45) is 10.8 Å². The molecule has 0 aromatic heterocycles. The number of para-hydroxylation sites is 4. The average Bonchev–Trinajstić information content (AvgIpc) is 2.91. The highest BCUT2D eigenvalue weighted by atomic mass is 28.2. The third-order valence-electron chi connectivity index (χ3n) is 7.93. The first-order valence-electron chi connectivity index (χ1n) is 13.3. The molecule has 1 aliphatic heterocycles. The van der Waals surface area contributed by atoms with Gasteiger partial charge in [-0.2, -0.15) is 0 Å². The van der Waals surface area contributed by atoms with E-state index in [1.54, 1.807) is 0 Å². The highest BCUT2D eigenvalue weighted by Gasteiger charge is 2.59. The van der Waals surface area contributed by atoms with Crippen LogP contribution in [0.1, 0.15) is 54.0 Å². The number of esters is 1. The third kappa shape index (κ3) is 5.30. The van der Waals surface area contributed by atoms with Gasteiger partial charge in [-0.25, -0.2) is 0 Å². The van der Waals surface area contributed by atoms with Gasteiger partial charge in [0, 0.05) is 0 Å². The average molecular weight is 545 g/mol. The molecule has 6 nitrogen and oxygen atoms in total. The molecule has 1 aliphatic rings. The highest BCUT2D eigenvalue weighted by molar-refractivity contribution is 5.99. The van der Waals surface area contributed by atoms with E-state index in [9.17, 15) is 4.79 Å². The Hall–Kier alpha value is -3.29. The van der Waals surface area contributed by atoms with E-state index >= 15 is 0 Å². The van der Waals surface area contributed by atoms with Gasteiger partial charge >= 0.3 is 5.97 Å². The summed E-state index contributed by atoms with van der Waals surface area (Å²) in [4.78, 5) is 15.7. The summed E-state index contributed by atoms with van der Waals surface area (Å²) in [5.41, 5.74) is 0.350. The molecule has 0 saturated carbocycles. The Labute approximate surface area is 235 Å². The molecule has 1 unspecified atom stereocenters. The number of benzene rings is 3.